The Morgan fingerprint density at radius 2 is 1.41 bits per heavy atom. The van der Waals surface area contributed by atoms with Gasteiger partial charge in [0.2, 0.25) is 0 Å². The summed E-state index contributed by atoms with van der Waals surface area (Å²) in [7, 11) is 0. The van der Waals surface area contributed by atoms with E-state index in [1.165, 1.54) is 0 Å². The average molecular weight is 244 g/mol. The van der Waals surface area contributed by atoms with E-state index in [2.05, 4.69) is 48.5 Å². The van der Waals surface area contributed by atoms with Gasteiger partial charge in [-0.3, -0.25) is 0 Å². The van der Waals surface area contributed by atoms with Crippen molar-refractivity contribution >= 4 is 0 Å². The van der Waals surface area contributed by atoms with E-state index in [4.69, 9.17) is 9.47 Å². The van der Waals surface area contributed by atoms with Crippen LogP contribution in [0.4, 0.5) is 0 Å². The van der Waals surface area contributed by atoms with Gasteiger partial charge in [0.25, 0.3) is 0 Å². The highest BCUT2D eigenvalue weighted by Gasteiger charge is 2.28. The van der Waals surface area contributed by atoms with E-state index in [0.717, 1.165) is 25.7 Å². The van der Waals surface area contributed by atoms with Gasteiger partial charge in [0, 0.05) is 6.42 Å². The molecular formula is C15H32O2. The molecular weight excluding hydrogens is 212 g/mol. The Morgan fingerprint density at radius 1 is 0.882 bits per heavy atom. The third-order valence-corrected chi connectivity index (χ3v) is 3.57. The Bertz CT molecular complexity index is 193. The molecule has 0 amide bonds. The Kier molecular flexibility index (Phi) is 8.06. The lowest BCUT2D eigenvalue weighted by molar-refractivity contribution is -0.114. The standard InChI is InChI=1S/C15H32O2/c1-8-12(4)16-14(6)11-15(7,10-3)17-13(5)9-2/h12-14H,8-11H2,1-7H3. The lowest BCUT2D eigenvalue weighted by atomic mass is 9.95. The first kappa shape index (κ1) is 16.9. The molecule has 0 aromatic heterocycles. The Labute approximate surface area is 108 Å². The summed E-state index contributed by atoms with van der Waals surface area (Å²) in [6.07, 6.45) is 5.07. The van der Waals surface area contributed by atoms with Crippen molar-refractivity contribution in [2.45, 2.75) is 98.1 Å². The molecule has 0 aliphatic rings. The second kappa shape index (κ2) is 8.10. The predicted octanol–water partition coefficient (Wildman–Crippen LogP) is 4.56. The second-order valence-electron chi connectivity index (χ2n) is 5.51. The fourth-order valence-corrected chi connectivity index (χ4v) is 1.99. The van der Waals surface area contributed by atoms with E-state index in [-0.39, 0.29) is 11.7 Å². The molecule has 0 aliphatic heterocycles. The van der Waals surface area contributed by atoms with E-state index >= 15 is 0 Å². The minimum Gasteiger partial charge on any atom is -0.375 e. The molecule has 0 radical (unpaired) electrons. The molecule has 0 saturated carbocycles. The highest BCUT2D eigenvalue weighted by Crippen LogP contribution is 2.26. The third kappa shape index (κ3) is 7.05. The van der Waals surface area contributed by atoms with Crippen molar-refractivity contribution < 1.29 is 9.47 Å². The Morgan fingerprint density at radius 3 is 1.82 bits per heavy atom. The summed E-state index contributed by atoms with van der Waals surface area (Å²) in [6.45, 7) is 15.2. The van der Waals surface area contributed by atoms with Gasteiger partial charge in [-0.25, -0.2) is 0 Å². The van der Waals surface area contributed by atoms with Crippen LogP contribution in [0.5, 0.6) is 0 Å². The Balaban J connectivity index is 4.26. The van der Waals surface area contributed by atoms with Gasteiger partial charge in [0.15, 0.2) is 0 Å². The smallest absolute Gasteiger partial charge is 0.0680 e. The van der Waals surface area contributed by atoms with E-state index in [1.54, 1.807) is 0 Å². The van der Waals surface area contributed by atoms with Crippen LogP contribution in [0.3, 0.4) is 0 Å². The number of ether oxygens (including phenoxy) is 2. The average Bonchev–Trinajstić information content (AvgIpc) is 2.28. The summed E-state index contributed by atoms with van der Waals surface area (Å²) in [5.41, 5.74) is -0.0533. The molecule has 0 rings (SSSR count). The minimum atomic E-state index is -0.0533. The Hall–Kier alpha value is -0.0800. The number of rotatable bonds is 9. The summed E-state index contributed by atoms with van der Waals surface area (Å²) in [5, 5.41) is 0. The molecule has 17 heavy (non-hydrogen) atoms. The molecule has 2 heteroatoms. The van der Waals surface area contributed by atoms with Crippen molar-refractivity contribution in [3.8, 4) is 0 Å². The summed E-state index contributed by atoms with van der Waals surface area (Å²) in [4.78, 5) is 0. The second-order valence-corrected chi connectivity index (χ2v) is 5.51. The van der Waals surface area contributed by atoms with Crippen molar-refractivity contribution in [1.29, 1.82) is 0 Å². The molecule has 0 saturated heterocycles. The van der Waals surface area contributed by atoms with Crippen molar-refractivity contribution in [3.63, 3.8) is 0 Å². The van der Waals surface area contributed by atoms with Crippen LogP contribution >= 0.6 is 0 Å². The fraction of sp³-hybridized carbons (Fsp3) is 1.00. The van der Waals surface area contributed by atoms with Crippen LogP contribution in [0.25, 0.3) is 0 Å². The van der Waals surface area contributed by atoms with Crippen LogP contribution in [0.2, 0.25) is 0 Å². The van der Waals surface area contributed by atoms with Gasteiger partial charge in [0.1, 0.15) is 0 Å². The molecule has 0 aromatic rings. The zero-order chi connectivity index (χ0) is 13.5. The van der Waals surface area contributed by atoms with Gasteiger partial charge in [-0.2, -0.15) is 0 Å². The van der Waals surface area contributed by atoms with Crippen LogP contribution in [0, 0.1) is 0 Å². The molecule has 104 valence electrons. The topological polar surface area (TPSA) is 18.5 Å². The minimum absolute atomic E-state index is 0.0533. The summed E-state index contributed by atoms with van der Waals surface area (Å²) in [6, 6.07) is 0. The van der Waals surface area contributed by atoms with Crippen LogP contribution in [-0.4, -0.2) is 23.9 Å². The van der Waals surface area contributed by atoms with E-state index in [0.29, 0.717) is 12.2 Å². The SMILES string of the molecule is CCC(C)OC(C)CC(C)(CC)OC(C)CC. The lowest BCUT2D eigenvalue weighted by Crippen LogP contribution is -2.36. The maximum atomic E-state index is 6.14. The van der Waals surface area contributed by atoms with E-state index in [9.17, 15) is 0 Å². The van der Waals surface area contributed by atoms with Crippen LogP contribution in [-0.2, 0) is 9.47 Å². The number of hydrogen-bond donors (Lipinski definition) is 0. The maximum absolute atomic E-state index is 6.14. The predicted molar refractivity (Wildman–Crippen MR) is 74.5 cm³/mol. The molecule has 4 unspecified atom stereocenters. The largest absolute Gasteiger partial charge is 0.375 e. The van der Waals surface area contributed by atoms with Gasteiger partial charge in [-0.15, -0.1) is 0 Å². The molecule has 0 heterocycles. The quantitative estimate of drug-likeness (QED) is 0.592. The summed E-state index contributed by atoms with van der Waals surface area (Å²) >= 11 is 0. The monoisotopic (exact) mass is 244 g/mol. The maximum Gasteiger partial charge on any atom is 0.0680 e. The van der Waals surface area contributed by atoms with Gasteiger partial charge < -0.3 is 9.47 Å². The van der Waals surface area contributed by atoms with Crippen LogP contribution < -0.4 is 0 Å². The molecule has 2 nitrogen and oxygen atoms in total. The van der Waals surface area contributed by atoms with Crippen molar-refractivity contribution in [2.24, 2.45) is 0 Å². The van der Waals surface area contributed by atoms with Gasteiger partial charge in [-0.05, 0) is 47.0 Å². The lowest BCUT2D eigenvalue weighted by Gasteiger charge is -2.34. The highest BCUT2D eigenvalue weighted by atomic mass is 16.5. The van der Waals surface area contributed by atoms with Gasteiger partial charge >= 0.3 is 0 Å². The molecule has 0 aliphatic carbocycles. The first-order chi connectivity index (χ1) is 7.86. The molecule has 0 spiro atoms. The molecule has 0 bridgehead atoms. The zero-order valence-electron chi connectivity index (χ0n) is 12.9. The first-order valence-corrected chi connectivity index (χ1v) is 7.20. The third-order valence-electron chi connectivity index (χ3n) is 3.57. The van der Waals surface area contributed by atoms with Gasteiger partial charge in [-0.1, -0.05) is 20.8 Å². The fourth-order valence-electron chi connectivity index (χ4n) is 1.99. The van der Waals surface area contributed by atoms with E-state index < -0.39 is 0 Å². The molecule has 0 fully saturated rings. The van der Waals surface area contributed by atoms with Gasteiger partial charge in [0.05, 0.1) is 23.9 Å². The molecule has 0 N–H and O–H groups in total. The zero-order valence-corrected chi connectivity index (χ0v) is 12.9. The van der Waals surface area contributed by atoms with Crippen LogP contribution in [0.1, 0.15) is 74.1 Å². The molecule has 4 atom stereocenters. The normalized spacial score (nSPS) is 20.6. The summed E-state index contributed by atoms with van der Waals surface area (Å²) in [5.74, 6) is 0. The van der Waals surface area contributed by atoms with E-state index in [1.807, 2.05) is 0 Å². The highest BCUT2D eigenvalue weighted by molar-refractivity contribution is 4.78. The first-order valence-electron chi connectivity index (χ1n) is 7.20. The number of hydrogen-bond acceptors (Lipinski definition) is 2. The van der Waals surface area contributed by atoms with Crippen molar-refractivity contribution in [1.82, 2.24) is 0 Å². The summed E-state index contributed by atoms with van der Waals surface area (Å²) < 4.78 is 12.1. The van der Waals surface area contributed by atoms with Crippen molar-refractivity contribution in [2.75, 3.05) is 0 Å². The molecule has 0 aromatic carbocycles. The van der Waals surface area contributed by atoms with Crippen LogP contribution in [0.15, 0.2) is 0 Å². The van der Waals surface area contributed by atoms with Crippen molar-refractivity contribution in [3.05, 3.63) is 0 Å².